The largest absolute Gasteiger partial charge is 0.385 e. The summed E-state index contributed by atoms with van der Waals surface area (Å²) >= 11 is 0. The third-order valence-corrected chi connectivity index (χ3v) is 3.74. The number of nitro benzene ring substituents is 1. The molecule has 1 aromatic carbocycles. The van der Waals surface area contributed by atoms with Gasteiger partial charge in [0, 0.05) is 43.1 Å². The van der Waals surface area contributed by atoms with E-state index < -0.39 is 0 Å². The average Bonchev–Trinajstić information content (AvgIpc) is 2.76. The van der Waals surface area contributed by atoms with E-state index in [0.29, 0.717) is 0 Å². The molecule has 1 heterocycles. The highest BCUT2D eigenvalue weighted by atomic mass is 16.6. The summed E-state index contributed by atoms with van der Waals surface area (Å²) in [5.74, 6) is 0. The summed E-state index contributed by atoms with van der Waals surface area (Å²) in [4.78, 5) is 13.0. The minimum absolute atomic E-state index is 0.158. The fraction of sp³-hybridized carbons (Fsp3) is 0.600. The summed E-state index contributed by atoms with van der Waals surface area (Å²) in [6.07, 6.45) is 2.11. The summed E-state index contributed by atoms with van der Waals surface area (Å²) in [6, 6.07) is 5.31. The first-order chi connectivity index (χ1) is 9.41. The molecule has 0 aliphatic carbocycles. The first-order valence-electron chi connectivity index (χ1n) is 7.19. The topological polar surface area (TPSA) is 58.4 Å². The van der Waals surface area contributed by atoms with E-state index in [1.54, 1.807) is 12.1 Å². The monoisotopic (exact) mass is 277 g/mol. The molecule has 0 aromatic heterocycles. The number of rotatable bonds is 5. The maximum absolute atomic E-state index is 11.1. The number of nitrogens with one attached hydrogen (secondary N) is 1. The molecule has 1 saturated heterocycles. The molecule has 2 rings (SSSR count). The summed E-state index contributed by atoms with van der Waals surface area (Å²) < 4.78 is 0. The Morgan fingerprint density at radius 3 is 2.70 bits per heavy atom. The van der Waals surface area contributed by atoms with E-state index in [1.165, 1.54) is 0 Å². The van der Waals surface area contributed by atoms with Gasteiger partial charge in [-0.25, -0.2) is 0 Å². The molecule has 0 unspecified atom stereocenters. The molecule has 1 aliphatic rings. The molecule has 0 spiro atoms. The molecular formula is C15H23N3O2. The summed E-state index contributed by atoms with van der Waals surface area (Å²) in [7, 11) is 0. The highest BCUT2D eigenvalue weighted by Gasteiger charge is 2.30. The second-order valence-corrected chi connectivity index (χ2v) is 6.26. The Labute approximate surface area is 120 Å². The third kappa shape index (κ3) is 3.40. The molecule has 5 nitrogen and oxygen atoms in total. The smallest absolute Gasteiger partial charge is 0.273 e. The fourth-order valence-corrected chi connectivity index (χ4v) is 2.59. The number of hydrogen-bond acceptors (Lipinski definition) is 4. The van der Waals surface area contributed by atoms with Gasteiger partial charge in [-0.3, -0.25) is 10.1 Å². The van der Waals surface area contributed by atoms with Crippen LogP contribution in [0.4, 0.5) is 17.1 Å². The van der Waals surface area contributed by atoms with Gasteiger partial charge < -0.3 is 10.2 Å². The van der Waals surface area contributed by atoms with Gasteiger partial charge in [0.1, 0.15) is 0 Å². The van der Waals surface area contributed by atoms with Crippen LogP contribution in [0, 0.1) is 15.5 Å². The zero-order valence-electron chi connectivity index (χ0n) is 12.5. The quantitative estimate of drug-likeness (QED) is 0.659. The fourth-order valence-electron chi connectivity index (χ4n) is 2.59. The molecule has 0 bridgehead atoms. The van der Waals surface area contributed by atoms with Crippen molar-refractivity contribution in [2.45, 2.75) is 33.6 Å². The van der Waals surface area contributed by atoms with E-state index in [1.807, 2.05) is 6.07 Å². The van der Waals surface area contributed by atoms with Crippen LogP contribution in [-0.2, 0) is 0 Å². The van der Waals surface area contributed by atoms with Crippen LogP contribution in [0.5, 0.6) is 0 Å². The molecule has 0 saturated carbocycles. The maximum Gasteiger partial charge on any atom is 0.273 e. The number of anilines is 2. The molecular weight excluding hydrogens is 254 g/mol. The minimum atomic E-state index is -0.318. The van der Waals surface area contributed by atoms with Crippen molar-refractivity contribution < 1.29 is 4.92 Å². The molecule has 0 amide bonds. The van der Waals surface area contributed by atoms with Gasteiger partial charge in [0.15, 0.2) is 0 Å². The Kier molecular flexibility index (Phi) is 4.16. The van der Waals surface area contributed by atoms with Crippen molar-refractivity contribution in [2.24, 2.45) is 5.41 Å². The van der Waals surface area contributed by atoms with Crippen molar-refractivity contribution in [1.82, 2.24) is 0 Å². The van der Waals surface area contributed by atoms with Gasteiger partial charge in [0.25, 0.3) is 5.69 Å². The summed E-state index contributed by atoms with van der Waals surface area (Å²) in [6.45, 7) is 9.28. The van der Waals surface area contributed by atoms with E-state index in [0.717, 1.165) is 43.9 Å². The zero-order chi connectivity index (χ0) is 14.8. The second kappa shape index (κ2) is 5.69. The molecule has 110 valence electrons. The average molecular weight is 277 g/mol. The molecule has 1 N–H and O–H groups in total. The lowest BCUT2D eigenvalue weighted by molar-refractivity contribution is -0.384. The zero-order valence-corrected chi connectivity index (χ0v) is 12.5. The van der Waals surface area contributed by atoms with Crippen LogP contribution in [0.2, 0.25) is 0 Å². The van der Waals surface area contributed by atoms with Gasteiger partial charge in [-0.05, 0) is 24.3 Å². The van der Waals surface area contributed by atoms with Crippen LogP contribution in [0.25, 0.3) is 0 Å². The van der Waals surface area contributed by atoms with Gasteiger partial charge in [-0.15, -0.1) is 0 Å². The number of nitro groups is 1. The normalized spacial score (nSPS) is 17.2. The predicted molar refractivity (Wildman–Crippen MR) is 82.5 cm³/mol. The lowest BCUT2D eigenvalue weighted by Crippen LogP contribution is -2.22. The van der Waals surface area contributed by atoms with Crippen molar-refractivity contribution in [3.63, 3.8) is 0 Å². The lowest BCUT2D eigenvalue weighted by Gasteiger charge is -2.22. The van der Waals surface area contributed by atoms with Crippen molar-refractivity contribution in [1.29, 1.82) is 0 Å². The van der Waals surface area contributed by atoms with Gasteiger partial charge in [-0.1, -0.05) is 20.8 Å². The third-order valence-electron chi connectivity index (χ3n) is 3.74. The molecule has 0 radical (unpaired) electrons. The molecule has 1 fully saturated rings. The van der Waals surface area contributed by atoms with E-state index >= 15 is 0 Å². The van der Waals surface area contributed by atoms with Gasteiger partial charge in [0.05, 0.1) is 4.92 Å². The van der Waals surface area contributed by atoms with Crippen molar-refractivity contribution in [3.05, 3.63) is 28.3 Å². The van der Waals surface area contributed by atoms with Crippen LogP contribution in [0.15, 0.2) is 18.2 Å². The highest BCUT2D eigenvalue weighted by molar-refractivity contribution is 5.65. The maximum atomic E-state index is 11.1. The molecule has 20 heavy (non-hydrogen) atoms. The Morgan fingerprint density at radius 2 is 2.15 bits per heavy atom. The number of nitrogens with zero attached hydrogens (tertiary/aromatic N) is 2. The van der Waals surface area contributed by atoms with Crippen LogP contribution < -0.4 is 10.2 Å². The van der Waals surface area contributed by atoms with E-state index in [9.17, 15) is 10.1 Å². The van der Waals surface area contributed by atoms with Crippen LogP contribution in [0.3, 0.4) is 0 Å². The summed E-state index contributed by atoms with van der Waals surface area (Å²) in [5.41, 5.74) is 2.22. The molecule has 1 aromatic rings. The number of hydrogen-bond donors (Lipinski definition) is 1. The van der Waals surface area contributed by atoms with E-state index in [-0.39, 0.29) is 16.0 Å². The molecule has 1 aliphatic heterocycles. The summed E-state index contributed by atoms with van der Waals surface area (Å²) in [5, 5.41) is 14.3. The highest BCUT2D eigenvalue weighted by Crippen LogP contribution is 2.35. The minimum Gasteiger partial charge on any atom is -0.385 e. The Bertz CT molecular complexity index is 500. The first kappa shape index (κ1) is 14.6. The van der Waals surface area contributed by atoms with E-state index in [2.05, 4.69) is 31.0 Å². The first-order valence-corrected chi connectivity index (χ1v) is 7.19. The predicted octanol–water partition coefficient (Wildman–Crippen LogP) is 3.65. The van der Waals surface area contributed by atoms with Crippen molar-refractivity contribution in [2.75, 3.05) is 29.9 Å². The van der Waals surface area contributed by atoms with Gasteiger partial charge in [0.2, 0.25) is 0 Å². The lowest BCUT2D eigenvalue weighted by atomic mass is 9.93. The Balaban J connectivity index is 2.27. The van der Waals surface area contributed by atoms with Crippen LogP contribution in [-0.4, -0.2) is 24.6 Å². The standard InChI is InChI=1S/C15H23N3O2/c1-4-6-16-12-8-13(10-14(9-12)18(19)20)17-7-5-15(2,3)11-17/h8-10,16H,4-7,11H2,1-3H3. The van der Waals surface area contributed by atoms with Crippen LogP contribution in [0.1, 0.15) is 33.6 Å². The molecule has 0 atom stereocenters. The number of non-ortho nitro benzene ring substituents is 1. The SMILES string of the molecule is CCCNc1cc(N2CCC(C)(C)C2)cc([N+](=O)[O-])c1. The second-order valence-electron chi connectivity index (χ2n) is 6.26. The van der Waals surface area contributed by atoms with E-state index in [4.69, 9.17) is 0 Å². The van der Waals surface area contributed by atoms with Gasteiger partial charge in [-0.2, -0.15) is 0 Å². The Hall–Kier alpha value is -1.78. The Morgan fingerprint density at radius 1 is 1.40 bits per heavy atom. The van der Waals surface area contributed by atoms with Crippen LogP contribution >= 0.6 is 0 Å². The molecule has 5 heteroatoms. The number of benzene rings is 1. The van der Waals surface area contributed by atoms with Gasteiger partial charge >= 0.3 is 0 Å². The van der Waals surface area contributed by atoms with Crippen molar-refractivity contribution in [3.8, 4) is 0 Å². The van der Waals surface area contributed by atoms with Crippen molar-refractivity contribution >= 4 is 17.1 Å².